The Morgan fingerprint density at radius 3 is 2.89 bits per heavy atom. The van der Waals surface area contributed by atoms with Crippen molar-refractivity contribution >= 4 is 38.3 Å². The van der Waals surface area contributed by atoms with Crippen molar-refractivity contribution in [3.63, 3.8) is 0 Å². The van der Waals surface area contributed by atoms with Crippen LogP contribution in [0.4, 0.5) is 10.8 Å². The molecule has 1 aromatic heterocycles. The van der Waals surface area contributed by atoms with Gasteiger partial charge in [0.1, 0.15) is 0 Å². The second-order valence-electron chi connectivity index (χ2n) is 5.07. The second kappa shape index (κ2) is 5.17. The van der Waals surface area contributed by atoms with Gasteiger partial charge in [0.25, 0.3) is 0 Å². The van der Waals surface area contributed by atoms with E-state index in [1.165, 1.54) is 17.8 Å². The summed E-state index contributed by atoms with van der Waals surface area (Å²) in [6.07, 6.45) is 5.58. The molecule has 0 unspecified atom stereocenters. The van der Waals surface area contributed by atoms with Crippen molar-refractivity contribution in [3.8, 4) is 0 Å². The molecule has 1 saturated carbocycles. The fourth-order valence-electron chi connectivity index (χ4n) is 2.57. The van der Waals surface area contributed by atoms with Gasteiger partial charge in [-0.2, -0.15) is 0 Å². The van der Waals surface area contributed by atoms with Crippen molar-refractivity contribution < 1.29 is 4.79 Å². The maximum Gasteiger partial charge on any atom is 0.229 e. The van der Waals surface area contributed by atoms with Crippen LogP contribution in [-0.2, 0) is 4.79 Å². The minimum atomic E-state index is 0.117. The zero-order chi connectivity index (χ0) is 13.2. The molecule has 1 amide bonds. The summed E-state index contributed by atoms with van der Waals surface area (Å²) >= 11 is 1.50. The number of nitrogen functional groups attached to an aromatic ring is 1. The van der Waals surface area contributed by atoms with Crippen molar-refractivity contribution in [2.75, 3.05) is 11.1 Å². The number of hydrogen-bond donors (Lipinski definition) is 2. The van der Waals surface area contributed by atoms with E-state index in [-0.39, 0.29) is 11.8 Å². The molecule has 3 N–H and O–H groups in total. The van der Waals surface area contributed by atoms with Gasteiger partial charge < -0.3 is 11.1 Å². The molecule has 1 fully saturated rings. The standard InChI is InChI=1S/C14H17N3OS/c15-10-6-7-12-11(8-10)16-14(19-12)17-13(18)9-4-2-1-3-5-9/h6-9H,1-5,15H2,(H,16,17,18). The Bertz CT molecular complexity index is 602. The summed E-state index contributed by atoms with van der Waals surface area (Å²) < 4.78 is 1.05. The van der Waals surface area contributed by atoms with E-state index >= 15 is 0 Å². The first-order chi connectivity index (χ1) is 9.22. The zero-order valence-electron chi connectivity index (χ0n) is 10.7. The molecule has 3 rings (SSSR count). The third-order valence-electron chi connectivity index (χ3n) is 3.62. The highest BCUT2D eigenvalue weighted by atomic mass is 32.1. The van der Waals surface area contributed by atoms with Gasteiger partial charge in [0.05, 0.1) is 10.2 Å². The molecule has 1 aliphatic carbocycles. The summed E-state index contributed by atoms with van der Waals surface area (Å²) in [5.41, 5.74) is 7.28. The molecule has 0 atom stereocenters. The van der Waals surface area contributed by atoms with Crippen LogP contribution in [0.2, 0.25) is 0 Å². The molecule has 4 nitrogen and oxygen atoms in total. The first-order valence-corrected chi connectivity index (χ1v) is 7.51. The lowest BCUT2D eigenvalue weighted by Gasteiger charge is -2.19. The Morgan fingerprint density at radius 2 is 2.11 bits per heavy atom. The topological polar surface area (TPSA) is 68.0 Å². The number of benzene rings is 1. The van der Waals surface area contributed by atoms with E-state index in [1.54, 1.807) is 0 Å². The number of nitrogens with zero attached hydrogens (tertiary/aromatic N) is 1. The van der Waals surface area contributed by atoms with E-state index in [9.17, 15) is 4.79 Å². The quantitative estimate of drug-likeness (QED) is 0.825. The average molecular weight is 275 g/mol. The van der Waals surface area contributed by atoms with E-state index in [0.717, 1.165) is 35.9 Å². The molecular formula is C14H17N3OS. The Kier molecular flexibility index (Phi) is 3.38. The number of rotatable bonds is 2. The van der Waals surface area contributed by atoms with Gasteiger partial charge in [-0.05, 0) is 31.0 Å². The third kappa shape index (κ3) is 2.71. The lowest BCUT2D eigenvalue weighted by molar-refractivity contribution is -0.120. The van der Waals surface area contributed by atoms with Gasteiger partial charge in [-0.1, -0.05) is 30.6 Å². The SMILES string of the molecule is Nc1ccc2sc(NC(=O)C3CCCCC3)nc2c1. The Labute approximate surface area is 116 Å². The lowest BCUT2D eigenvalue weighted by atomic mass is 9.89. The number of carbonyl (C=O) groups excluding carboxylic acids is 1. The maximum atomic E-state index is 12.1. The van der Waals surface area contributed by atoms with Crippen LogP contribution in [0.25, 0.3) is 10.2 Å². The lowest BCUT2D eigenvalue weighted by Crippen LogP contribution is -2.24. The van der Waals surface area contributed by atoms with Crippen molar-refractivity contribution in [2.45, 2.75) is 32.1 Å². The fraction of sp³-hybridized carbons (Fsp3) is 0.429. The molecule has 1 aromatic carbocycles. The minimum absolute atomic E-state index is 0.117. The van der Waals surface area contributed by atoms with Gasteiger partial charge in [0.2, 0.25) is 5.91 Å². The summed E-state index contributed by atoms with van der Waals surface area (Å²) in [5, 5.41) is 3.63. The molecule has 0 aliphatic heterocycles. The van der Waals surface area contributed by atoms with Crippen LogP contribution in [0.3, 0.4) is 0 Å². The monoisotopic (exact) mass is 275 g/mol. The molecular weight excluding hydrogens is 258 g/mol. The number of thiazole rings is 1. The molecule has 2 aromatic rings. The summed E-state index contributed by atoms with van der Waals surface area (Å²) in [7, 11) is 0. The second-order valence-corrected chi connectivity index (χ2v) is 6.10. The number of anilines is 2. The number of aromatic nitrogens is 1. The number of nitrogens with one attached hydrogen (secondary N) is 1. The first-order valence-electron chi connectivity index (χ1n) is 6.69. The highest BCUT2D eigenvalue weighted by molar-refractivity contribution is 7.22. The first kappa shape index (κ1) is 12.4. The highest BCUT2D eigenvalue weighted by Crippen LogP contribution is 2.29. The normalized spacial score (nSPS) is 16.6. The number of carbonyl (C=O) groups is 1. The largest absolute Gasteiger partial charge is 0.399 e. The van der Waals surface area contributed by atoms with Crippen LogP contribution in [-0.4, -0.2) is 10.9 Å². The maximum absolute atomic E-state index is 12.1. The van der Waals surface area contributed by atoms with Crippen LogP contribution in [0.15, 0.2) is 18.2 Å². The van der Waals surface area contributed by atoms with Gasteiger partial charge in [0, 0.05) is 11.6 Å². The van der Waals surface area contributed by atoms with Gasteiger partial charge in [0.15, 0.2) is 5.13 Å². The zero-order valence-corrected chi connectivity index (χ0v) is 11.5. The van der Waals surface area contributed by atoms with Crippen molar-refractivity contribution in [1.29, 1.82) is 0 Å². The third-order valence-corrected chi connectivity index (χ3v) is 4.57. The van der Waals surface area contributed by atoms with Crippen LogP contribution in [0.5, 0.6) is 0 Å². The van der Waals surface area contributed by atoms with Crippen molar-refractivity contribution in [1.82, 2.24) is 4.98 Å². The Hall–Kier alpha value is -1.62. The molecule has 1 heterocycles. The fourth-order valence-corrected chi connectivity index (χ4v) is 3.42. The van der Waals surface area contributed by atoms with Gasteiger partial charge in [-0.15, -0.1) is 0 Å². The van der Waals surface area contributed by atoms with Crippen LogP contribution >= 0.6 is 11.3 Å². The van der Waals surface area contributed by atoms with E-state index in [2.05, 4.69) is 10.3 Å². The molecule has 0 radical (unpaired) electrons. The number of amides is 1. The van der Waals surface area contributed by atoms with Crippen molar-refractivity contribution in [2.24, 2.45) is 5.92 Å². The molecule has 0 spiro atoms. The molecule has 0 saturated heterocycles. The summed E-state index contributed by atoms with van der Waals surface area (Å²) in [5.74, 6) is 0.276. The smallest absolute Gasteiger partial charge is 0.229 e. The predicted molar refractivity (Wildman–Crippen MR) is 79.2 cm³/mol. The van der Waals surface area contributed by atoms with Gasteiger partial charge in [-0.3, -0.25) is 4.79 Å². The average Bonchev–Trinajstić information content (AvgIpc) is 2.81. The molecule has 0 bridgehead atoms. The van der Waals surface area contributed by atoms with Gasteiger partial charge >= 0.3 is 0 Å². The number of hydrogen-bond acceptors (Lipinski definition) is 4. The van der Waals surface area contributed by atoms with Gasteiger partial charge in [-0.25, -0.2) is 4.98 Å². The molecule has 5 heteroatoms. The Balaban J connectivity index is 1.75. The van der Waals surface area contributed by atoms with E-state index < -0.39 is 0 Å². The summed E-state index contributed by atoms with van der Waals surface area (Å²) in [6, 6.07) is 5.63. The van der Waals surface area contributed by atoms with E-state index in [4.69, 9.17) is 5.73 Å². The van der Waals surface area contributed by atoms with Crippen molar-refractivity contribution in [3.05, 3.63) is 18.2 Å². The predicted octanol–water partition coefficient (Wildman–Crippen LogP) is 3.40. The highest BCUT2D eigenvalue weighted by Gasteiger charge is 2.21. The summed E-state index contributed by atoms with van der Waals surface area (Å²) in [4.78, 5) is 16.6. The Morgan fingerprint density at radius 1 is 1.32 bits per heavy atom. The molecule has 1 aliphatic rings. The van der Waals surface area contributed by atoms with E-state index in [0.29, 0.717) is 10.8 Å². The number of nitrogens with two attached hydrogens (primary N) is 1. The van der Waals surface area contributed by atoms with Crippen LogP contribution in [0, 0.1) is 5.92 Å². The minimum Gasteiger partial charge on any atom is -0.399 e. The molecule has 19 heavy (non-hydrogen) atoms. The summed E-state index contributed by atoms with van der Waals surface area (Å²) in [6.45, 7) is 0. The van der Waals surface area contributed by atoms with E-state index in [1.807, 2.05) is 18.2 Å². The van der Waals surface area contributed by atoms with Crippen LogP contribution in [0.1, 0.15) is 32.1 Å². The van der Waals surface area contributed by atoms with Crippen LogP contribution < -0.4 is 11.1 Å². The molecule has 100 valence electrons. The number of fused-ring (bicyclic) bond motifs is 1.